The van der Waals surface area contributed by atoms with Crippen molar-refractivity contribution < 1.29 is 4.42 Å². The zero-order chi connectivity index (χ0) is 19.2. The molecular weight excluding hydrogens is 356 g/mol. The first-order valence-corrected chi connectivity index (χ1v) is 9.49. The predicted octanol–water partition coefficient (Wildman–Crippen LogP) is 4.84. The molecule has 1 aromatic carbocycles. The SMILES string of the molecule is CCN(CC)c1ccc2cc(-c3cccs3)c(=NC=C(C#N)C#N)oc2c1. The maximum absolute atomic E-state index is 8.95. The van der Waals surface area contributed by atoms with E-state index in [0.29, 0.717) is 11.1 Å². The molecule has 0 unspecified atom stereocenters. The first kappa shape index (κ1) is 18.4. The topological polar surface area (TPSA) is 76.3 Å². The molecule has 0 spiro atoms. The van der Waals surface area contributed by atoms with Crippen molar-refractivity contribution in [1.29, 1.82) is 10.5 Å². The number of hydrogen-bond acceptors (Lipinski definition) is 6. The molecule has 0 saturated carbocycles. The van der Waals surface area contributed by atoms with Crippen LogP contribution < -0.4 is 10.5 Å². The first-order chi connectivity index (χ1) is 13.2. The minimum atomic E-state index is -0.0701. The Labute approximate surface area is 161 Å². The van der Waals surface area contributed by atoms with Gasteiger partial charge in [-0.25, -0.2) is 4.99 Å². The van der Waals surface area contributed by atoms with Gasteiger partial charge in [0.05, 0.1) is 11.8 Å². The average Bonchev–Trinajstić information content (AvgIpc) is 3.23. The van der Waals surface area contributed by atoms with Gasteiger partial charge in [-0.05, 0) is 43.5 Å². The molecule has 0 atom stereocenters. The molecular formula is C21H18N4OS. The lowest BCUT2D eigenvalue weighted by molar-refractivity contribution is 0.547. The normalized spacial score (nSPS) is 11.0. The maximum Gasteiger partial charge on any atom is 0.228 e. The minimum absolute atomic E-state index is 0.0701. The molecule has 2 aromatic heterocycles. The van der Waals surface area contributed by atoms with Crippen LogP contribution in [0, 0.1) is 22.7 Å². The monoisotopic (exact) mass is 374 g/mol. The van der Waals surface area contributed by atoms with E-state index in [4.69, 9.17) is 14.9 Å². The summed E-state index contributed by atoms with van der Waals surface area (Å²) in [5.41, 5.74) is 2.93. The summed E-state index contributed by atoms with van der Waals surface area (Å²) in [5, 5.41) is 20.8. The van der Waals surface area contributed by atoms with Crippen LogP contribution in [0.1, 0.15) is 13.8 Å². The van der Waals surface area contributed by atoms with Crippen LogP contribution in [-0.4, -0.2) is 13.1 Å². The lowest BCUT2D eigenvalue weighted by atomic mass is 10.1. The Hall–Kier alpha value is -3.35. The minimum Gasteiger partial charge on any atom is -0.438 e. The van der Waals surface area contributed by atoms with E-state index < -0.39 is 0 Å². The van der Waals surface area contributed by atoms with E-state index in [9.17, 15) is 0 Å². The zero-order valence-electron chi connectivity index (χ0n) is 15.1. The molecule has 0 fully saturated rings. The molecule has 0 radical (unpaired) electrons. The number of hydrogen-bond donors (Lipinski definition) is 0. The van der Waals surface area contributed by atoms with Crippen LogP contribution in [0.15, 0.2) is 63.0 Å². The van der Waals surface area contributed by atoms with Crippen LogP contribution in [0.2, 0.25) is 0 Å². The Kier molecular flexibility index (Phi) is 5.71. The van der Waals surface area contributed by atoms with Gasteiger partial charge >= 0.3 is 0 Å². The lowest BCUT2D eigenvalue weighted by Crippen LogP contribution is -2.21. The summed E-state index contributed by atoms with van der Waals surface area (Å²) < 4.78 is 6.09. The van der Waals surface area contributed by atoms with Gasteiger partial charge in [-0.15, -0.1) is 11.3 Å². The maximum atomic E-state index is 8.95. The molecule has 6 heteroatoms. The summed E-state index contributed by atoms with van der Waals surface area (Å²) in [7, 11) is 0. The number of benzene rings is 1. The molecule has 3 aromatic rings. The largest absolute Gasteiger partial charge is 0.438 e. The van der Waals surface area contributed by atoms with Gasteiger partial charge in [-0.1, -0.05) is 6.07 Å². The van der Waals surface area contributed by atoms with Crippen molar-refractivity contribution in [3.8, 4) is 22.6 Å². The Morgan fingerprint density at radius 3 is 2.59 bits per heavy atom. The standard InChI is InChI=1S/C21H18N4OS/c1-3-25(4-2)17-8-7-16-10-18(20-6-5-9-27-20)21(26-19(16)11-17)24-14-15(12-22)13-23/h5-11,14H,3-4H2,1-2H3. The van der Waals surface area contributed by atoms with E-state index >= 15 is 0 Å². The molecule has 5 nitrogen and oxygen atoms in total. The zero-order valence-corrected chi connectivity index (χ0v) is 16.0. The van der Waals surface area contributed by atoms with Crippen molar-refractivity contribution in [1.82, 2.24) is 0 Å². The highest BCUT2D eigenvalue weighted by Gasteiger charge is 2.10. The fourth-order valence-corrected chi connectivity index (χ4v) is 3.54. The van der Waals surface area contributed by atoms with Gasteiger partial charge in [0, 0.05) is 35.1 Å². The Morgan fingerprint density at radius 2 is 1.96 bits per heavy atom. The van der Waals surface area contributed by atoms with Gasteiger partial charge in [0.25, 0.3) is 0 Å². The molecule has 134 valence electrons. The molecule has 27 heavy (non-hydrogen) atoms. The Bertz CT molecular complexity index is 1110. The summed E-state index contributed by atoms with van der Waals surface area (Å²) in [6.45, 7) is 6.04. The smallest absolute Gasteiger partial charge is 0.228 e. The number of allylic oxidation sites excluding steroid dienone is 1. The summed E-state index contributed by atoms with van der Waals surface area (Å²) in [4.78, 5) is 7.54. The molecule has 0 aliphatic carbocycles. The van der Waals surface area contributed by atoms with Crippen molar-refractivity contribution >= 4 is 28.0 Å². The molecule has 0 bridgehead atoms. The first-order valence-electron chi connectivity index (χ1n) is 8.61. The van der Waals surface area contributed by atoms with E-state index in [1.54, 1.807) is 11.3 Å². The average molecular weight is 374 g/mol. The van der Waals surface area contributed by atoms with Gasteiger partial charge in [0.15, 0.2) is 0 Å². The number of nitrogens with zero attached hydrogens (tertiary/aromatic N) is 4. The number of rotatable bonds is 5. The molecule has 0 amide bonds. The second-order valence-electron chi connectivity index (χ2n) is 5.73. The fourth-order valence-electron chi connectivity index (χ4n) is 2.80. The predicted molar refractivity (Wildman–Crippen MR) is 108 cm³/mol. The third kappa shape index (κ3) is 3.92. The van der Waals surface area contributed by atoms with Gasteiger partial charge in [-0.3, -0.25) is 0 Å². The van der Waals surface area contributed by atoms with Crippen LogP contribution in [0.5, 0.6) is 0 Å². The highest BCUT2D eigenvalue weighted by molar-refractivity contribution is 7.13. The fraction of sp³-hybridized carbons (Fsp3) is 0.190. The molecule has 0 aliphatic rings. The highest BCUT2D eigenvalue weighted by atomic mass is 32.1. The summed E-state index contributed by atoms with van der Waals surface area (Å²) >= 11 is 1.58. The van der Waals surface area contributed by atoms with Crippen LogP contribution in [-0.2, 0) is 0 Å². The number of thiophene rings is 1. The second kappa shape index (κ2) is 8.35. The second-order valence-corrected chi connectivity index (χ2v) is 6.68. The van der Waals surface area contributed by atoms with Crippen LogP contribution >= 0.6 is 11.3 Å². The van der Waals surface area contributed by atoms with Crippen molar-refractivity contribution in [3.63, 3.8) is 0 Å². The van der Waals surface area contributed by atoms with Gasteiger partial charge in [0.2, 0.25) is 5.55 Å². The summed E-state index contributed by atoms with van der Waals surface area (Å²) in [5.74, 6) is 0. The number of fused-ring (bicyclic) bond motifs is 1. The molecule has 3 rings (SSSR count). The van der Waals surface area contributed by atoms with E-state index in [-0.39, 0.29) is 5.57 Å². The third-order valence-corrected chi connectivity index (χ3v) is 5.10. The van der Waals surface area contributed by atoms with Gasteiger partial charge < -0.3 is 9.32 Å². The lowest BCUT2D eigenvalue weighted by Gasteiger charge is -2.21. The van der Waals surface area contributed by atoms with E-state index in [2.05, 4.69) is 29.8 Å². The third-order valence-electron chi connectivity index (χ3n) is 4.20. The molecule has 0 aliphatic heterocycles. The summed E-state index contributed by atoms with van der Waals surface area (Å²) in [6, 6.07) is 15.7. The van der Waals surface area contributed by atoms with Gasteiger partial charge in [0.1, 0.15) is 23.3 Å². The van der Waals surface area contributed by atoms with Crippen LogP contribution in [0.3, 0.4) is 0 Å². The van der Waals surface area contributed by atoms with E-state index in [0.717, 1.165) is 34.6 Å². The highest BCUT2D eigenvalue weighted by Crippen LogP contribution is 2.27. The van der Waals surface area contributed by atoms with E-state index in [1.165, 1.54) is 6.20 Å². The van der Waals surface area contributed by atoms with Crippen LogP contribution in [0.4, 0.5) is 5.69 Å². The Balaban J connectivity index is 2.24. The molecule has 0 saturated heterocycles. The number of nitriles is 2. The van der Waals surface area contributed by atoms with Crippen molar-refractivity contribution in [2.75, 3.05) is 18.0 Å². The molecule has 0 N–H and O–H groups in total. The number of anilines is 1. The van der Waals surface area contributed by atoms with Crippen molar-refractivity contribution in [3.05, 3.63) is 59.1 Å². The Morgan fingerprint density at radius 1 is 1.19 bits per heavy atom. The molecule has 2 heterocycles. The van der Waals surface area contributed by atoms with E-state index in [1.807, 2.05) is 47.9 Å². The van der Waals surface area contributed by atoms with Crippen molar-refractivity contribution in [2.45, 2.75) is 13.8 Å². The van der Waals surface area contributed by atoms with Crippen LogP contribution in [0.25, 0.3) is 21.4 Å². The van der Waals surface area contributed by atoms with Crippen molar-refractivity contribution in [2.24, 2.45) is 4.99 Å². The summed E-state index contributed by atoms with van der Waals surface area (Å²) in [6.07, 6.45) is 1.25. The quantitative estimate of drug-likeness (QED) is 0.599. The van der Waals surface area contributed by atoms with Gasteiger partial charge in [-0.2, -0.15) is 10.5 Å².